The minimum Gasteiger partial charge on any atom is -0.445 e. The second kappa shape index (κ2) is 6.09. The van der Waals surface area contributed by atoms with E-state index in [9.17, 15) is 0 Å². The predicted octanol–water partition coefficient (Wildman–Crippen LogP) is 2.75. The normalized spacial score (nSPS) is 40.5. The van der Waals surface area contributed by atoms with Gasteiger partial charge < -0.3 is 28.4 Å². The summed E-state index contributed by atoms with van der Waals surface area (Å²) in [6.45, 7) is 7.56. The van der Waals surface area contributed by atoms with Crippen LogP contribution in [0.5, 0.6) is 0 Å². The fourth-order valence-electron chi connectivity index (χ4n) is 3.05. The molecule has 3 aliphatic heterocycles. The largest absolute Gasteiger partial charge is 0.445 e. The number of halogens is 3. The Hall–Kier alpha value is 0.140. The van der Waals surface area contributed by atoms with Gasteiger partial charge >= 0.3 is 0 Å². The lowest BCUT2D eigenvalue weighted by Gasteiger charge is -2.27. The standard InChI is InChI=1S/C14H20Cl3NO6/c1-12(2)19-5-6(22-12)7-8-9(24-13(3,4)23-8)10(20-7)21-11(18)14(15,16)17/h6-10,18H,5H2,1-4H3/t6?,7-,8-,9-,10?/m1/s1. The molecule has 0 spiro atoms. The van der Waals surface area contributed by atoms with Crippen LogP contribution in [0.3, 0.4) is 0 Å². The first-order valence-corrected chi connectivity index (χ1v) is 8.67. The molecule has 0 amide bonds. The molecule has 3 fully saturated rings. The fraction of sp³-hybridized carbons (Fsp3) is 0.929. The van der Waals surface area contributed by atoms with Gasteiger partial charge in [-0.25, -0.2) is 0 Å². The number of fused-ring (bicyclic) bond motifs is 1. The van der Waals surface area contributed by atoms with E-state index in [0.29, 0.717) is 6.61 Å². The van der Waals surface area contributed by atoms with Crippen molar-refractivity contribution in [3.05, 3.63) is 0 Å². The van der Waals surface area contributed by atoms with E-state index in [1.807, 2.05) is 13.8 Å². The number of ether oxygens (including phenoxy) is 6. The van der Waals surface area contributed by atoms with Crippen LogP contribution >= 0.6 is 34.8 Å². The maximum absolute atomic E-state index is 7.74. The second-order valence-corrected chi connectivity index (χ2v) is 9.13. The van der Waals surface area contributed by atoms with Crippen LogP contribution < -0.4 is 0 Å². The van der Waals surface area contributed by atoms with Gasteiger partial charge in [-0.3, -0.25) is 5.41 Å². The molecule has 3 rings (SSSR count). The maximum Gasteiger partial charge on any atom is 0.265 e. The van der Waals surface area contributed by atoms with Gasteiger partial charge in [0.1, 0.15) is 18.3 Å². The van der Waals surface area contributed by atoms with Crippen molar-refractivity contribution in [2.75, 3.05) is 6.61 Å². The Morgan fingerprint density at radius 3 is 2.17 bits per heavy atom. The lowest BCUT2D eigenvalue weighted by atomic mass is 10.1. The Balaban J connectivity index is 1.76. The SMILES string of the molecule is CC1(C)OCC([C@H]2OC(OC(=N)C(Cl)(Cl)Cl)[C@@H]3OC(C)(C)O[C@H]23)O1. The molecule has 0 aromatic rings. The third kappa shape index (κ3) is 3.78. The third-order valence-electron chi connectivity index (χ3n) is 3.94. The van der Waals surface area contributed by atoms with E-state index in [1.54, 1.807) is 13.8 Å². The van der Waals surface area contributed by atoms with Crippen LogP contribution in [0, 0.1) is 5.41 Å². The summed E-state index contributed by atoms with van der Waals surface area (Å²) in [7, 11) is 0. The monoisotopic (exact) mass is 403 g/mol. The van der Waals surface area contributed by atoms with E-state index < -0.39 is 45.9 Å². The van der Waals surface area contributed by atoms with Crippen LogP contribution in [-0.4, -0.2) is 58.6 Å². The first-order valence-electron chi connectivity index (χ1n) is 7.53. The molecular formula is C14H20Cl3NO6. The number of rotatable bonds is 2. The molecule has 3 heterocycles. The van der Waals surface area contributed by atoms with Crippen LogP contribution in [0.15, 0.2) is 0 Å². The zero-order chi connectivity index (χ0) is 17.9. The van der Waals surface area contributed by atoms with E-state index in [0.717, 1.165) is 0 Å². The van der Waals surface area contributed by atoms with Crippen LogP contribution in [0.25, 0.3) is 0 Å². The van der Waals surface area contributed by atoms with Gasteiger partial charge in [0.15, 0.2) is 17.7 Å². The summed E-state index contributed by atoms with van der Waals surface area (Å²) in [6.07, 6.45) is -2.83. The van der Waals surface area contributed by atoms with Crippen LogP contribution in [-0.2, 0) is 28.4 Å². The zero-order valence-electron chi connectivity index (χ0n) is 13.7. The van der Waals surface area contributed by atoms with Crippen LogP contribution in [0.2, 0.25) is 0 Å². The molecule has 3 saturated heterocycles. The van der Waals surface area contributed by atoms with Crippen molar-refractivity contribution in [3.63, 3.8) is 0 Å². The lowest BCUT2D eigenvalue weighted by molar-refractivity contribution is -0.232. The molecular weight excluding hydrogens is 385 g/mol. The third-order valence-corrected chi connectivity index (χ3v) is 4.45. The Morgan fingerprint density at radius 2 is 1.62 bits per heavy atom. The average Bonchev–Trinajstić information content (AvgIpc) is 3.00. The molecule has 0 aromatic carbocycles. The molecule has 7 nitrogen and oxygen atoms in total. The van der Waals surface area contributed by atoms with Gasteiger partial charge in [0.25, 0.3) is 3.79 Å². The maximum atomic E-state index is 7.74. The molecule has 2 unspecified atom stereocenters. The van der Waals surface area contributed by atoms with E-state index in [4.69, 9.17) is 68.6 Å². The summed E-state index contributed by atoms with van der Waals surface area (Å²) in [6, 6.07) is 0. The number of hydrogen-bond donors (Lipinski definition) is 1. The number of alkyl halides is 3. The highest BCUT2D eigenvalue weighted by molar-refractivity contribution is 6.76. The molecule has 24 heavy (non-hydrogen) atoms. The highest BCUT2D eigenvalue weighted by Crippen LogP contribution is 2.43. The first-order chi connectivity index (χ1) is 10.9. The topological polar surface area (TPSA) is 79.2 Å². The Kier molecular flexibility index (Phi) is 4.80. The van der Waals surface area contributed by atoms with Gasteiger partial charge in [-0.15, -0.1) is 0 Å². The average molecular weight is 405 g/mol. The number of hydrogen-bond acceptors (Lipinski definition) is 7. The van der Waals surface area contributed by atoms with Crippen LogP contribution in [0.4, 0.5) is 0 Å². The quantitative estimate of drug-likeness (QED) is 0.433. The summed E-state index contributed by atoms with van der Waals surface area (Å²) in [5.41, 5.74) is 0. The van der Waals surface area contributed by atoms with Gasteiger partial charge in [-0.2, -0.15) is 0 Å². The number of nitrogens with one attached hydrogen (secondary N) is 1. The smallest absolute Gasteiger partial charge is 0.265 e. The summed E-state index contributed by atoms with van der Waals surface area (Å²) in [5.74, 6) is -2.08. The Bertz CT molecular complexity index is 523. The molecule has 0 aromatic heterocycles. The molecule has 0 bridgehead atoms. The summed E-state index contributed by atoms with van der Waals surface area (Å²) < 4.78 is 32.5. The van der Waals surface area contributed by atoms with Gasteiger partial charge in [0, 0.05) is 0 Å². The predicted molar refractivity (Wildman–Crippen MR) is 86.5 cm³/mol. The van der Waals surface area contributed by atoms with E-state index in [-0.39, 0.29) is 6.10 Å². The van der Waals surface area contributed by atoms with Crippen molar-refractivity contribution in [2.45, 2.75) is 73.8 Å². The van der Waals surface area contributed by atoms with Crippen molar-refractivity contribution in [1.82, 2.24) is 0 Å². The van der Waals surface area contributed by atoms with Crippen molar-refractivity contribution in [3.8, 4) is 0 Å². The Morgan fingerprint density at radius 1 is 1.00 bits per heavy atom. The molecule has 5 atom stereocenters. The van der Waals surface area contributed by atoms with Crippen molar-refractivity contribution in [2.24, 2.45) is 0 Å². The van der Waals surface area contributed by atoms with Crippen molar-refractivity contribution in [1.29, 1.82) is 5.41 Å². The molecule has 138 valence electrons. The molecule has 3 aliphatic rings. The summed E-state index contributed by atoms with van der Waals surface area (Å²) in [4.78, 5) is 0. The Labute approximate surface area is 155 Å². The second-order valence-electron chi connectivity index (χ2n) is 6.85. The fourth-order valence-corrected chi connectivity index (χ4v) is 3.18. The molecule has 0 saturated carbocycles. The van der Waals surface area contributed by atoms with Crippen molar-refractivity contribution >= 4 is 40.7 Å². The minimum atomic E-state index is -1.99. The highest BCUT2D eigenvalue weighted by Gasteiger charge is 2.60. The molecule has 0 aliphatic carbocycles. The van der Waals surface area contributed by atoms with Crippen LogP contribution in [0.1, 0.15) is 27.7 Å². The van der Waals surface area contributed by atoms with Gasteiger partial charge in [0.05, 0.1) is 6.61 Å². The van der Waals surface area contributed by atoms with E-state index in [1.165, 1.54) is 0 Å². The van der Waals surface area contributed by atoms with E-state index >= 15 is 0 Å². The summed E-state index contributed by atoms with van der Waals surface area (Å²) >= 11 is 17.0. The van der Waals surface area contributed by atoms with Gasteiger partial charge in [-0.05, 0) is 27.7 Å². The highest BCUT2D eigenvalue weighted by atomic mass is 35.6. The van der Waals surface area contributed by atoms with Gasteiger partial charge in [-0.1, -0.05) is 34.8 Å². The summed E-state index contributed by atoms with van der Waals surface area (Å²) in [5, 5.41) is 7.74. The first kappa shape index (κ1) is 18.9. The molecule has 1 N–H and O–H groups in total. The zero-order valence-corrected chi connectivity index (χ0v) is 15.9. The minimum absolute atomic E-state index is 0.347. The van der Waals surface area contributed by atoms with E-state index in [2.05, 4.69) is 0 Å². The lowest BCUT2D eigenvalue weighted by Crippen LogP contribution is -2.40. The molecule has 0 radical (unpaired) electrons. The van der Waals surface area contributed by atoms with Crippen molar-refractivity contribution < 1.29 is 28.4 Å². The molecule has 10 heteroatoms. The van der Waals surface area contributed by atoms with Gasteiger partial charge in [0.2, 0.25) is 12.2 Å².